The van der Waals surface area contributed by atoms with Gasteiger partial charge in [-0.3, -0.25) is 0 Å². The number of halogens is 2. The minimum atomic E-state index is -0.244. The highest BCUT2D eigenvalue weighted by Gasteiger charge is 2.05. The zero-order valence-corrected chi connectivity index (χ0v) is 10.9. The molecule has 0 fully saturated rings. The van der Waals surface area contributed by atoms with Crippen LogP contribution >= 0.6 is 15.9 Å². The number of hydrogen-bond acceptors (Lipinski definition) is 2. The molecule has 2 nitrogen and oxygen atoms in total. The van der Waals surface area contributed by atoms with E-state index in [0.717, 1.165) is 18.4 Å². The fraction of sp³-hybridized carbons (Fsp3) is 0.500. The molecule has 0 spiro atoms. The Morgan fingerprint density at radius 2 is 2.25 bits per heavy atom. The topological polar surface area (TPSA) is 32.3 Å². The van der Waals surface area contributed by atoms with Gasteiger partial charge in [-0.1, -0.05) is 13.0 Å². The second kappa shape index (κ2) is 6.99. The lowest BCUT2D eigenvalue weighted by atomic mass is 10.1. The average molecular weight is 290 g/mol. The maximum atomic E-state index is 13.0. The van der Waals surface area contributed by atoms with Crippen LogP contribution in [-0.2, 0) is 6.54 Å². The minimum absolute atomic E-state index is 0.193. The van der Waals surface area contributed by atoms with Crippen molar-refractivity contribution in [3.8, 4) is 0 Å². The van der Waals surface area contributed by atoms with Crippen LogP contribution in [0.3, 0.4) is 0 Å². The minimum Gasteiger partial charge on any atom is -0.396 e. The standard InChI is InChI=1S/C12H17BrFNO/c1-2-10(5-6-16)15-8-9-3-4-12(14)11(13)7-9/h3-4,7,10,15-16H,2,5-6,8H2,1H3. The summed E-state index contributed by atoms with van der Waals surface area (Å²) in [6.07, 6.45) is 1.72. The molecule has 16 heavy (non-hydrogen) atoms. The molecule has 0 amide bonds. The molecule has 0 aliphatic carbocycles. The number of benzene rings is 1. The van der Waals surface area contributed by atoms with Crippen LogP contribution in [0.15, 0.2) is 22.7 Å². The Kier molecular flexibility index (Phi) is 5.95. The van der Waals surface area contributed by atoms with Crippen LogP contribution in [0.1, 0.15) is 25.3 Å². The van der Waals surface area contributed by atoms with E-state index in [1.165, 1.54) is 6.07 Å². The van der Waals surface area contributed by atoms with E-state index in [2.05, 4.69) is 28.2 Å². The van der Waals surface area contributed by atoms with Gasteiger partial charge in [0.15, 0.2) is 0 Å². The molecule has 0 radical (unpaired) electrons. The monoisotopic (exact) mass is 289 g/mol. The van der Waals surface area contributed by atoms with E-state index in [4.69, 9.17) is 5.11 Å². The first-order valence-electron chi connectivity index (χ1n) is 5.45. The Bertz CT molecular complexity index is 333. The maximum absolute atomic E-state index is 13.0. The van der Waals surface area contributed by atoms with Crippen LogP contribution in [0.5, 0.6) is 0 Å². The van der Waals surface area contributed by atoms with Gasteiger partial charge in [0.25, 0.3) is 0 Å². The highest BCUT2D eigenvalue weighted by molar-refractivity contribution is 9.10. The molecule has 1 atom stereocenters. The fourth-order valence-electron chi connectivity index (χ4n) is 1.52. The summed E-state index contributed by atoms with van der Waals surface area (Å²) in [5, 5.41) is 12.2. The predicted octanol–water partition coefficient (Wildman–Crippen LogP) is 2.84. The van der Waals surface area contributed by atoms with Crippen LogP contribution in [0.25, 0.3) is 0 Å². The normalized spacial score (nSPS) is 12.8. The maximum Gasteiger partial charge on any atom is 0.137 e. The molecule has 1 rings (SSSR count). The molecule has 0 bridgehead atoms. The van der Waals surface area contributed by atoms with Gasteiger partial charge in [-0.25, -0.2) is 4.39 Å². The van der Waals surface area contributed by atoms with Gasteiger partial charge in [0, 0.05) is 19.2 Å². The highest BCUT2D eigenvalue weighted by Crippen LogP contribution is 2.16. The molecule has 0 saturated heterocycles. The summed E-state index contributed by atoms with van der Waals surface area (Å²) in [6, 6.07) is 5.30. The quantitative estimate of drug-likeness (QED) is 0.844. The van der Waals surface area contributed by atoms with Crippen LogP contribution in [-0.4, -0.2) is 17.8 Å². The Balaban J connectivity index is 2.50. The molecule has 1 aromatic carbocycles. The van der Waals surface area contributed by atoms with E-state index in [1.807, 2.05) is 0 Å². The first-order chi connectivity index (χ1) is 7.67. The van der Waals surface area contributed by atoms with E-state index in [9.17, 15) is 4.39 Å². The third-order valence-electron chi connectivity index (χ3n) is 2.55. The van der Waals surface area contributed by atoms with Crippen molar-refractivity contribution >= 4 is 15.9 Å². The van der Waals surface area contributed by atoms with Gasteiger partial charge in [-0.15, -0.1) is 0 Å². The molecule has 0 aliphatic rings. The van der Waals surface area contributed by atoms with Crippen LogP contribution in [0.4, 0.5) is 4.39 Å². The van der Waals surface area contributed by atoms with Crippen molar-refractivity contribution in [2.75, 3.05) is 6.61 Å². The lowest BCUT2D eigenvalue weighted by Crippen LogP contribution is -2.28. The highest BCUT2D eigenvalue weighted by atomic mass is 79.9. The second-order valence-electron chi connectivity index (χ2n) is 3.75. The molecule has 4 heteroatoms. The zero-order chi connectivity index (χ0) is 12.0. The van der Waals surface area contributed by atoms with E-state index >= 15 is 0 Å². The lowest BCUT2D eigenvalue weighted by Gasteiger charge is -2.15. The molecular weight excluding hydrogens is 273 g/mol. The Hall–Kier alpha value is -0.450. The third kappa shape index (κ3) is 4.20. The van der Waals surface area contributed by atoms with Crippen LogP contribution in [0.2, 0.25) is 0 Å². The second-order valence-corrected chi connectivity index (χ2v) is 4.60. The van der Waals surface area contributed by atoms with E-state index in [-0.39, 0.29) is 12.4 Å². The molecule has 0 saturated carbocycles. The van der Waals surface area contributed by atoms with Crippen molar-refractivity contribution in [1.29, 1.82) is 0 Å². The Labute approximate surface area is 104 Å². The van der Waals surface area contributed by atoms with Crippen molar-refractivity contribution in [1.82, 2.24) is 5.32 Å². The molecular formula is C12H17BrFNO. The van der Waals surface area contributed by atoms with E-state index in [1.54, 1.807) is 12.1 Å². The van der Waals surface area contributed by atoms with Crippen molar-refractivity contribution < 1.29 is 9.50 Å². The number of rotatable bonds is 6. The van der Waals surface area contributed by atoms with Crippen LogP contribution in [0, 0.1) is 5.82 Å². The third-order valence-corrected chi connectivity index (χ3v) is 3.16. The predicted molar refractivity (Wildman–Crippen MR) is 66.7 cm³/mol. The lowest BCUT2D eigenvalue weighted by molar-refractivity contribution is 0.262. The van der Waals surface area contributed by atoms with Gasteiger partial charge >= 0.3 is 0 Å². The summed E-state index contributed by atoms with van der Waals surface area (Å²) >= 11 is 3.16. The molecule has 2 N–H and O–H groups in total. The number of hydrogen-bond donors (Lipinski definition) is 2. The average Bonchev–Trinajstić information content (AvgIpc) is 2.28. The SMILES string of the molecule is CCC(CCO)NCc1ccc(F)c(Br)c1. The van der Waals surface area contributed by atoms with Crippen molar-refractivity contribution in [2.45, 2.75) is 32.4 Å². The molecule has 0 heterocycles. The van der Waals surface area contributed by atoms with Crippen molar-refractivity contribution in [3.63, 3.8) is 0 Å². The number of nitrogens with one attached hydrogen (secondary N) is 1. The van der Waals surface area contributed by atoms with Crippen molar-refractivity contribution in [2.24, 2.45) is 0 Å². The first-order valence-corrected chi connectivity index (χ1v) is 6.24. The molecule has 0 aliphatic heterocycles. The molecule has 1 aromatic rings. The van der Waals surface area contributed by atoms with Gasteiger partial charge in [0.1, 0.15) is 5.82 Å². The zero-order valence-electron chi connectivity index (χ0n) is 9.34. The number of aliphatic hydroxyl groups is 1. The van der Waals surface area contributed by atoms with Gasteiger partial charge in [-0.05, 0) is 46.5 Å². The largest absolute Gasteiger partial charge is 0.396 e. The van der Waals surface area contributed by atoms with Gasteiger partial charge in [0.2, 0.25) is 0 Å². The molecule has 0 aromatic heterocycles. The van der Waals surface area contributed by atoms with Gasteiger partial charge in [0.05, 0.1) is 4.47 Å². The number of aliphatic hydroxyl groups excluding tert-OH is 1. The summed E-state index contributed by atoms with van der Waals surface area (Å²) in [5.74, 6) is -0.244. The van der Waals surface area contributed by atoms with Gasteiger partial charge < -0.3 is 10.4 Å². The fourth-order valence-corrected chi connectivity index (χ4v) is 1.94. The Morgan fingerprint density at radius 1 is 1.50 bits per heavy atom. The smallest absolute Gasteiger partial charge is 0.137 e. The molecule has 90 valence electrons. The Morgan fingerprint density at radius 3 is 2.81 bits per heavy atom. The van der Waals surface area contributed by atoms with Crippen molar-refractivity contribution in [3.05, 3.63) is 34.1 Å². The van der Waals surface area contributed by atoms with E-state index < -0.39 is 0 Å². The summed E-state index contributed by atoms with van der Waals surface area (Å²) < 4.78 is 13.5. The van der Waals surface area contributed by atoms with Gasteiger partial charge in [-0.2, -0.15) is 0 Å². The van der Waals surface area contributed by atoms with E-state index in [0.29, 0.717) is 17.1 Å². The summed E-state index contributed by atoms with van der Waals surface area (Å²) in [6.45, 7) is 2.96. The van der Waals surface area contributed by atoms with Crippen LogP contribution < -0.4 is 5.32 Å². The molecule has 1 unspecified atom stereocenters. The summed E-state index contributed by atoms with van der Waals surface area (Å²) in [5.41, 5.74) is 1.03. The first kappa shape index (κ1) is 13.6. The summed E-state index contributed by atoms with van der Waals surface area (Å²) in [4.78, 5) is 0. The summed E-state index contributed by atoms with van der Waals surface area (Å²) in [7, 11) is 0.